The first-order valence-electron chi connectivity index (χ1n) is 1.97. The fraction of sp³-hybridized carbons (Fsp3) is 1.00. The third-order valence-electron chi connectivity index (χ3n) is 0.236. The predicted octanol–water partition coefficient (Wildman–Crippen LogP) is -2.48. The maximum atomic E-state index is 9.08. The Morgan fingerprint density at radius 3 is 1.11 bits per heavy atom. The third kappa shape index (κ3) is 47.7. The van der Waals surface area contributed by atoms with Gasteiger partial charge < -0.3 is 19.7 Å². The molecule has 0 fully saturated rings. The number of ether oxygens (including phenoxy) is 2. The van der Waals surface area contributed by atoms with Gasteiger partial charge in [-0.25, -0.2) is 0 Å². The first kappa shape index (κ1) is 16.6. The molecule has 0 saturated heterocycles. The van der Waals surface area contributed by atoms with Gasteiger partial charge in [0.25, 0.3) is 0 Å². The molecule has 0 amide bonds. The van der Waals surface area contributed by atoms with Gasteiger partial charge in [0, 0.05) is 14.2 Å². The van der Waals surface area contributed by atoms with Crippen LogP contribution in [0.15, 0.2) is 0 Å². The topological polar surface area (TPSA) is 64.6 Å². The summed E-state index contributed by atoms with van der Waals surface area (Å²) in [5.74, 6) is 0. The van der Waals surface area contributed by atoms with Crippen LogP contribution in [-0.4, -0.2) is 65.5 Å². The Bertz CT molecular complexity index is 20.5. The van der Waals surface area contributed by atoms with E-state index in [4.69, 9.17) is 10.2 Å². The smallest absolute Gasteiger partial charge is 0.834 e. The molecule has 0 saturated carbocycles. The monoisotopic (exact) mass is 162 g/mol. The van der Waals surface area contributed by atoms with E-state index in [1.165, 1.54) is 14.2 Å². The molecule has 0 aliphatic carbocycles. The van der Waals surface area contributed by atoms with Crippen molar-refractivity contribution in [2.75, 3.05) is 27.8 Å². The summed E-state index contributed by atoms with van der Waals surface area (Å²) in [7, 11) is 2.74. The van der Waals surface area contributed by atoms with Crippen LogP contribution in [0, 0.1) is 0 Å². The summed E-state index contributed by atoms with van der Waals surface area (Å²) in [6.45, 7) is -0.861. The van der Waals surface area contributed by atoms with Crippen LogP contribution >= 0.6 is 0 Å². The van der Waals surface area contributed by atoms with Gasteiger partial charge in [-0.1, -0.05) is 0 Å². The number of hydrogen-bond donors (Lipinski definition) is 0. The maximum Gasteiger partial charge on any atom is 2.00 e. The van der Waals surface area contributed by atoms with Crippen molar-refractivity contribution in [1.29, 1.82) is 0 Å². The predicted molar refractivity (Wildman–Crippen MR) is 29.5 cm³/mol. The summed E-state index contributed by atoms with van der Waals surface area (Å²) in [6.07, 6.45) is 0. The van der Waals surface area contributed by atoms with Crippen molar-refractivity contribution in [2.24, 2.45) is 0 Å². The molecule has 0 aromatic rings. The van der Waals surface area contributed by atoms with Crippen molar-refractivity contribution >= 4 is 37.7 Å². The molecule has 5 heteroatoms. The Labute approximate surface area is 84.8 Å². The summed E-state index contributed by atoms with van der Waals surface area (Å²) in [5, 5.41) is 18.2. The van der Waals surface area contributed by atoms with Gasteiger partial charge in [0.1, 0.15) is 0 Å². The number of methoxy groups -OCH3 is 2. The SMILES string of the molecule is COC[O-].COC[O-].[Ca+2]. The molecule has 0 atom stereocenters. The second kappa shape index (κ2) is 23.0. The Morgan fingerprint density at radius 2 is 1.11 bits per heavy atom. The second-order valence-electron chi connectivity index (χ2n) is 0.813. The zero-order valence-corrected chi connectivity index (χ0v) is 7.96. The van der Waals surface area contributed by atoms with Gasteiger partial charge in [-0.15, -0.1) is 0 Å². The molecule has 9 heavy (non-hydrogen) atoms. The zero-order valence-electron chi connectivity index (χ0n) is 5.75. The zero-order chi connectivity index (χ0) is 6.83. The standard InChI is InChI=1S/2C2H5O2.Ca/c2*1-4-2-3;/h2*2H2,1H3;/q2*-1;+2. The normalized spacial score (nSPS) is 6.67. The molecular weight excluding hydrogens is 152 g/mol. The number of rotatable bonds is 2. The maximum absolute atomic E-state index is 9.08. The minimum absolute atomic E-state index is 0. The van der Waals surface area contributed by atoms with Crippen molar-refractivity contribution in [1.82, 2.24) is 0 Å². The molecule has 0 unspecified atom stereocenters. The van der Waals surface area contributed by atoms with E-state index < -0.39 is 13.6 Å². The van der Waals surface area contributed by atoms with Gasteiger partial charge >= 0.3 is 37.7 Å². The summed E-state index contributed by atoms with van der Waals surface area (Å²) < 4.78 is 7.97. The van der Waals surface area contributed by atoms with E-state index in [0.717, 1.165) is 0 Å². The Balaban J connectivity index is -0.0000000720. The summed E-state index contributed by atoms with van der Waals surface area (Å²) in [6, 6.07) is 0. The van der Waals surface area contributed by atoms with Crippen LogP contribution in [0.1, 0.15) is 0 Å². The number of hydrogen-bond acceptors (Lipinski definition) is 4. The average molecular weight is 162 g/mol. The van der Waals surface area contributed by atoms with Crippen molar-refractivity contribution < 1.29 is 19.7 Å². The van der Waals surface area contributed by atoms with Crippen LogP contribution < -0.4 is 10.2 Å². The van der Waals surface area contributed by atoms with E-state index in [9.17, 15) is 0 Å². The molecule has 0 bridgehead atoms. The van der Waals surface area contributed by atoms with Crippen molar-refractivity contribution in [2.45, 2.75) is 0 Å². The summed E-state index contributed by atoms with van der Waals surface area (Å²) >= 11 is 0. The van der Waals surface area contributed by atoms with E-state index in [1.807, 2.05) is 0 Å². The fourth-order valence-electron chi connectivity index (χ4n) is 0. The van der Waals surface area contributed by atoms with E-state index in [0.29, 0.717) is 0 Å². The molecule has 0 heterocycles. The Hall–Kier alpha value is 1.10. The molecule has 0 aliphatic rings. The van der Waals surface area contributed by atoms with Gasteiger partial charge in [-0.05, 0) is 13.6 Å². The molecule has 4 nitrogen and oxygen atoms in total. The van der Waals surface area contributed by atoms with Crippen molar-refractivity contribution in [3.05, 3.63) is 0 Å². The van der Waals surface area contributed by atoms with Gasteiger partial charge in [0.15, 0.2) is 0 Å². The van der Waals surface area contributed by atoms with Crippen LogP contribution in [-0.2, 0) is 9.47 Å². The minimum Gasteiger partial charge on any atom is -0.834 e. The van der Waals surface area contributed by atoms with E-state index in [-0.39, 0.29) is 37.7 Å². The average Bonchev–Trinajstić information content (AvgIpc) is 1.88. The van der Waals surface area contributed by atoms with E-state index in [2.05, 4.69) is 9.47 Å². The molecular formula is C4H10CaO4. The summed E-state index contributed by atoms with van der Waals surface area (Å²) in [5.41, 5.74) is 0. The molecule has 0 radical (unpaired) electrons. The fourth-order valence-corrected chi connectivity index (χ4v) is 0. The van der Waals surface area contributed by atoms with Crippen LogP contribution in [0.2, 0.25) is 0 Å². The van der Waals surface area contributed by atoms with Crippen LogP contribution in [0.25, 0.3) is 0 Å². The first-order chi connectivity index (χ1) is 3.83. The second-order valence-corrected chi connectivity index (χ2v) is 0.813. The molecule has 0 N–H and O–H groups in total. The quantitative estimate of drug-likeness (QED) is 0.333. The molecule has 0 aromatic carbocycles. The van der Waals surface area contributed by atoms with Crippen LogP contribution in [0.4, 0.5) is 0 Å². The Kier molecular flexibility index (Phi) is 42.3. The molecule has 0 aromatic heterocycles. The van der Waals surface area contributed by atoms with Gasteiger partial charge in [-0.2, -0.15) is 0 Å². The van der Waals surface area contributed by atoms with E-state index >= 15 is 0 Å². The van der Waals surface area contributed by atoms with Gasteiger partial charge in [-0.3, -0.25) is 0 Å². The van der Waals surface area contributed by atoms with E-state index in [1.54, 1.807) is 0 Å². The molecule has 52 valence electrons. The first-order valence-corrected chi connectivity index (χ1v) is 1.97. The van der Waals surface area contributed by atoms with Crippen LogP contribution in [0.5, 0.6) is 0 Å². The van der Waals surface area contributed by atoms with Crippen molar-refractivity contribution in [3.63, 3.8) is 0 Å². The van der Waals surface area contributed by atoms with Gasteiger partial charge in [0.2, 0.25) is 0 Å². The van der Waals surface area contributed by atoms with Crippen LogP contribution in [0.3, 0.4) is 0 Å². The molecule has 0 rings (SSSR count). The van der Waals surface area contributed by atoms with Crippen molar-refractivity contribution in [3.8, 4) is 0 Å². The summed E-state index contributed by atoms with van der Waals surface area (Å²) in [4.78, 5) is 0. The Morgan fingerprint density at radius 1 is 1.00 bits per heavy atom. The largest absolute Gasteiger partial charge is 2.00 e. The molecule has 0 spiro atoms. The third-order valence-corrected chi connectivity index (χ3v) is 0.236. The minimum atomic E-state index is -0.431. The molecule has 0 aliphatic heterocycles. The van der Waals surface area contributed by atoms with Gasteiger partial charge in [0.05, 0.1) is 0 Å².